The Bertz CT molecular complexity index is 1040. The van der Waals surface area contributed by atoms with Gasteiger partial charge in [0.25, 0.3) is 0 Å². The van der Waals surface area contributed by atoms with Crippen molar-refractivity contribution in [2.75, 3.05) is 29.1 Å². The lowest BCUT2D eigenvalue weighted by molar-refractivity contribution is -0.114. The number of anilines is 4. The number of amides is 1. The summed E-state index contributed by atoms with van der Waals surface area (Å²) in [4.78, 5) is 18.8. The number of carbonyl (C=O) groups excluding carboxylic acids is 1. The Morgan fingerprint density at radius 1 is 0.893 bits per heavy atom. The molecule has 0 fully saturated rings. The third kappa shape index (κ3) is 4.29. The van der Waals surface area contributed by atoms with Gasteiger partial charge in [-0.1, -0.05) is 41.7 Å². The summed E-state index contributed by atoms with van der Waals surface area (Å²) in [5, 5.41) is 7.09. The van der Waals surface area contributed by atoms with Crippen molar-refractivity contribution < 1.29 is 4.79 Å². The van der Waals surface area contributed by atoms with Crippen LogP contribution in [0.3, 0.4) is 0 Å². The van der Waals surface area contributed by atoms with Crippen molar-refractivity contribution in [3.8, 4) is 0 Å². The second-order valence-corrected chi connectivity index (χ2v) is 7.45. The molecule has 5 nitrogen and oxygen atoms in total. The lowest BCUT2D eigenvalue weighted by atomic mass is 10.2. The van der Waals surface area contributed by atoms with E-state index >= 15 is 0 Å². The highest BCUT2D eigenvalue weighted by Gasteiger charge is 2.12. The number of nitrogens with zero attached hydrogens (tertiary/aromatic N) is 2. The summed E-state index contributed by atoms with van der Waals surface area (Å²) in [6, 6.07) is 25.6. The third-order valence-corrected chi connectivity index (χ3v) is 5.37. The molecule has 0 spiro atoms. The van der Waals surface area contributed by atoms with Gasteiger partial charge in [0.2, 0.25) is 5.91 Å². The van der Waals surface area contributed by atoms with Gasteiger partial charge in [-0.15, -0.1) is 0 Å². The van der Waals surface area contributed by atoms with Gasteiger partial charge in [-0.05, 0) is 48.5 Å². The van der Waals surface area contributed by atoms with E-state index in [1.54, 1.807) is 11.3 Å². The van der Waals surface area contributed by atoms with Gasteiger partial charge in [0.05, 0.1) is 16.8 Å². The Hall–Kier alpha value is -3.38. The van der Waals surface area contributed by atoms with Crippen molar-refractivity contribution in [1.82, 2.24) is 4.98 Å². The van der Waals surface area contributed by atoms with Crippen LogP contribution in [-0.4, -0.2) is 24.5 Å². The lowest BCUT2D eigenvalue weighted by Gasteiger charge is -2.15. The minimum absolute atomic E-state index is 0.0782. The molecule has 0 unspecified atom stereocenters. The largest absolute Gasteiger partial charge is 0.356 e. The predicted octanol–water partition coefficient (Wildman–Crippen LogP) is 5.11. The van der Waals surface area contributed by atoms with Gasteiger partial charge in [-0.25, -0.2) is 4.98 Å². The van der Waals surface area contributed by atoms with Gasteiger partial charge in [-0.2, -0.15) is 0 Å². The van der Waals surface area contributed by atoms with Crippen LogP contribution in [0.25, 0.3) is 10.2 Å². The van der Waals surface area contributed by atoms with Crippen molar-refractivity contribution in [3.05, 3.63) is 78.9 Å². The van der Waals surface area contributed by atoms with Crippen molar-refractivity contribution in [2.24, 2.45) is 0 Å². The number of para-hydroxylation sites is 2. The number of carbonyl (C=O) groups is 1. The first-order valence-electron chi connectivity index (χ1n) is 8.96. The van der Waals surface area contributed by atoms with Gasteiger partial charge in [0.15, 0.2) is 5.13 Å². The fourth-order valence-electron chi connectivity index (χ4n) is 2.83. The minimum atomic E-state index is -0.0782. The minimum Gasteiger partial charge on any atom is -0.356 e. The van der Waals surface area contributed by atoms with Gasteiger partial charge in [0, 0.05) is 24.1 Å². The first-order valence-corrected chi connectivity index (χ1v) is 9.78. The highest BCUT2D eigenvalue weighted by Crippen LogP contribution is 2.27. The molecule has 1 heterocycles. The molecule has 0 atom stereocenters. The van der Waals surface area contributed by atoms with Crippen LogP contribution in [0.2, 0.25) is 0 Å². The van der Waals surface area contributed by atoms with E-state index in [4.69, 9.17) is 0 Å². The van der Waals surface area contributed by atoms with Crippen LogP contribution < -0.4 is 15.5 Å². The number of thiazole rings is 1. The molecule has 28 heavy (non-hydrogen) atoms. The van der Waals surface area contributed by atoms with Crippen LogP contribution >= 0.6 is 11.3 Å². The Balaban J connectivity index is 1.35. The zero-order chi connectivity index (χ0) is 19.3. The lowest BCUT2D eigenvalue weighted by Crippen LogP contribution is -2.29. The molecule has 1 amide bonds. The molecule has 4 aromatic rings. The summed E-state index contributed by atoms with van der Waals surface area (Å²) >= 11 is 1.58. The molecule has 0 aliphatic rings. The zero-order valence-corrected chi connectivity index (χ0v) is 16.2. The molecule has 3 aromatic carbocycles. The molecule has 1 aromatic heterocycles. The number of hydrogen-bond acceptors (Lipinski definition) is 5. The molecular weight excluding hydrogens is 368 g/mol. The smallest absolute Gasteiger partial charge is 0.243 e. The summed E-state index contributed by atoms with van der Waals surface area (Å²) in [6.45, 7) is 0.240. The summed E-state index contributed by atoms with van der Waals surface area (Å²) in [7, 11) is 1.88. The van der Waals surface area contributed by atoms with Crippen molar-refractivity contribution in [2.45, 2.75) is 0 Å². The molecule has 6 heteroatoms. The van der Waals surface area contributed by atoms with E-state index < -0.39 is 0 Å². The third-order valence-electron chi connectivity index (χ3n) is 4.22. The van der Waals surface area contributed by atoms with E-state index in [1.807, 2.05) is 90.8 Å². The van der Waals surface area contributed by atoms with E-state index in [2.05, 4.69) is 15.6 Å². The number of benzene rings is 3. The Morgan fingerprint density at radius 3 is 2.29 bits per heavy atom. The molecule has 0 radical (unpaired) electrons. The van der Waals surface area contributed by atoms with E-state index in [-0.39, 0.29) is 12.5 Å². The molecular formula is C22H20N4OS. The highest BCUT2D eigenvalue weighted by atomic mass is 32.1. The molecule has 0 aliphatic carbocycles. The Morgan fingerprint density at radius 2 is 1.54 bits per heavy atom. The summed E-state index contributed by atoms with van der Waals surface area (Å²) in [5.41, 5.74) is 3.71. The maximum atomic E-state index is 12.4. The van der Waals surface area contributed by atoms with Crippen LogP contribution in [0.5, 0.6) is 0 Å². The topological polar surface area (TPSA) is 57.3 Å². The van der Waals surface area contributed by atoms with E-state index in [0.717, 1.165) is 32.4 Å². The molecule has 0 saturated heterocycles. The number of rotatable bonds is 6. The standard InChI is InChI=1S/C22H20N4OS/c1-26(22-25-19-9-5-6-10-20(19)28-22)15-21(27)24-18-13-11-17(12-14-18)23-16-7-3-2-4-8-16/h2-14,23H,15H2,1H3,(H,24,27). The normalized spacial score (nSPS) is 10.6. The monoisotopic (exact) mass is 388 g/mol. The molecule has 0 aliphatic heterocycles. The number of fused-ring (bicyclic) bond motifs is 1. The maximum absolute atomic E-state index is 12.4. The second-order valence-electron chi connectivity index (χ2n) is 6.44. The fourth-order valence-corrected chi connectivity index (χ4v) is 3.76. The predicted molar refractivity (Wildman–Crippen MR) is 118 cm³/mol. The Labute approximate surface area is 167 Å². The summed E-state index contributed by atoms with van der Waals surface area (Å²) < 4.78 is 1.12. The van der Waals surface area contributed by atoms with Crippen LogP contribution in [-0.2, 0) is 4.79 Å². The van der Waals surface area contributed by atoms with Gasteiger partial charge in [0.1, 0.15) is 0 Å². The van der Waals surface area contributed by atoms with Gasteiger partial charge in [-0.3, -0.25) is 4.79 Å². The number of nitrogens with one attached hydrogen (secondary N) is 2. The fraction of sp³-hybridized carbons (Fsp3) is 0.0909. The van der Waals surface area contributed by atoms with Crippen molar-refractivity contribution >= 4 is 49.7 Å². The van der Waals surface area contributed by atoms with Gasteiger partial charge >= 0.3 is 0 Å². The molecule has 0 saturated carbocycles. The van der Waals surface area contributed by atoms with Crippen LogP contribution in [0, 0.1) is 0 Å². The van der Waals surface area contributed by atoms with Crippen molar-refractivity contribution in [3.63, 3.8) is 0 Å². The first-order chi connectivity index (χ1) is 13.7. The second kappa shape index (κ2) is 8.10. The number of hydrogen-bond donors (Lipinski definition) is 2. The quantitative estimate of drug-likeness (QED) is 0.482. The summed E-state index contributed by atoms with van der Waals surface area (Å²) in [6.07, 6.45) is 0. The highest BCUT2D eigenvalue weighted by molar-refractivity contribution is 7.22. The van der Waals surface area contributed by atoms with Crippen LogP contribution in [0.4, 0.5) is 22.2 Å². The van der Waals surface area contributed by atoms with E-state index in [9.17, 15) is 4.79 Å². The van der Waals surface area contributed by atoms with Crippen LogP contribution in [0.1, 0.15) is 0 Å². The average molecular weight is 388 g/mol. The molecule has 0 bridgehead atoms. The van der Waals surface area contributed by atoms with E-state index in [0.29, 0.717) is 0 Å². The maximum Gasteiger partial charge on any atom is 0.243 e. The number of likely N-dealkylation sites (N-methyl/N-ethyl adjacent to an activating group) is 1. The molecule has 2 N–H and O–H groups in total. The van der Waals surface area contributed by atoms with E-state index in [1.165, 1.54) is 0 Å². The zero-order valence-electron chi connectivity index (χ0n) is 15.4. The first kappa shape index (κ1) is 18.0. The van der Waals surface area contributed by atoms with Crippen LogP contribution in [0.15, 0.2) is 78.9 Å². The SMILES string of the molecule is CN(CC(=O)Nc1ccc(Nc2ccccc2)cc1)c1nc2ccccc2s1. The average Bonchev–Trinajstić information content (AvgIpc) is 3.15. The number of aromatic nitrogens is 1. The molecule has 4 rings (SSSR count). The summed E-state index contributed by atoms with van der Waals surface area (Å²) in [5.74, 6) is -0.0782. The Kier molecular flexibility index (Phi) is 5.21. The van der Waals surface area contributed by atoms with Gasteiger partial charge < -0.3 is 15.5 Å². The molecule has 140 valence electrons. The van der Waals surface area contributed by atoms with Crippen molar-refractivity contribution in [1.29, 1.82) is 0 Å².